The maximum absolute atomic E-state index is 5.66. The first kappa shape index (κ1) is 10.6. The van der Waals surface area contributed by atoms with Crippen LogP contribution in [-0.2, 0) is 0 Å². The number of benzene rings is 1. The van der Waals surface area contributed by atoms with Crippen LogP contribution >= 0.6 is 0 Å². The number of fused-ring (bicyclic) bond motifs is 1. The maximum Gasteiger partial charge on any atom is 0.295 e. The molecule has 2 aromatic rings. The molecule has 90 valence electrons. The molecular formula is C13H17N3O. The van der Waals surface area contributed by atoms with Gasteiger partial charge in [-0.25, -0.2) is 0 Å². The molecule has 1 aromatic heterocycles. The number of nitrogens with one attached hydrogen (secondary N) is 2. The summed E-state index contributed by atoms with van der Waals surface area (Å²) >= 11 is 0. The van der Waals surface area contributed by atoms with Gasteiger partial charge in [0.05, 0.1) is 0 Å². The van der Waals surface area contributed by atoms with E-state index in [4.69, 9.17) is 4.42 Å². The van der Waals surface area contributed by atoms with Crippen molar-refractivity contribution >= 4 is 17.1 Å². The molecule has 0 bridgehead atoms. The summed E-state index contributed by atoms with van der Waals surface area (Å²) < 4.78 is 5.66. The van der Waals surface area contributed by atoms with Crippen LogP contribution in [0.2, 0.25) is 0 Å². The van der Waals surface area contributed by atoms with Gasteiger partial charge in [-0.3, -0.25) is 0 Å². The van der Waals surface area contributed by atoms with Gasteiger partial charge in [-0.1, -0.05) is 18.6 Å². The Kier molecular flexibility index (Phi) is 2.96. The van der Waals surface area contributed by atoms with Crippen molar-refractivity contribution in [1.29, 1.82) is 0 Å². The molecule has 2 N–H and O–H groups in total. The lowest BCUT2D eigenvalue weighted by atomic mass is 10.1. The van der Waals surface area contributed by atoms with E-state index in [0.29, 0.717) is 12.1 Å². The third-order valence-corrected chi connectivity index (χ3v) is 3.17. The average Bonchev–Trinajstić information content (AvgIpc) is 2.57. The minimum Gasteiger partial charge on any atom is -0.424 e. The van der Waals surface area contributed by atoms with Crippen molar-refractivity contribution < 1.29 is 4.42 Å². The van der Waals surface area contributed by atoms with E-state index in [1.807, 2.05) is 24.3 Å². The van der Waals surface area contributed by atoms with Crippen molar-refractivity contribution in [1.82, 2.24) is 10.3 Å². The van der Waals surface area contributed by atoms with Gasteiger partial charge in [-0.15, -0.1) is 0 Å². The lowest BCUT2D eigenvalue weighted by Crippen LogP contribution is -2.30. The summed E-state index contributed by atoms with van der Waals surface area (Å²) in [4.78, 5) is 4.43. The highest BCUT2D eigenvalue weighted by Crippen LogP contribution is 2.19. The summed E-state index contributed by atoms with van der Waals surface area (Å²) in [5, 5.41) is 6.79. The molecule has 4 nitrogen and oxygen atoms in total. The molecule has 1 fully saturated rings. The van der Waals surface area contributed by atoms with Gasteiger partial charge in [0.1, 0.15) is 5.52 Å². The molecule has 0 saturated carbocycles. The number of hydrogen-bond donors (Lipinski definition) is 2. The molecular weight excluding hydrogens is 214 g/mol. The molecule has 1 aliphatic rings. The van der Waals surface area contributed by atoms with Crippen molar-refractivity contribution in [2.75, 3.05) is 18.4 Å². The number of rotatable bonds is 2. The molecule has 0 amide bonds. The number of oxazole rings is 1. The van der Waals surface area contributed by atoms with Gasteiger partial charge < -0.3 is 15.1 Å². The van der Waals surface area contributed by atoms with Crippen LogP contribution in [0.1, 0.15) is 19.3 Å². The Morgan fingerprint density at radius 2 is 2.24 bits per heavy atom. The zero-order chi connectivity index (χ0) is 11.5. The van der Waals surface area contributed by atoms with E-state index in [1.165, 1.54) is 19.3 Å². The predicted molar refractivity (Wildman–Crippen MR) is 68.1 cm³/mol. The van der Waals surface area contributed by atoms with Gasteiger partial charge in [0.25, 0.3) is 6.01 Å². The van der Waals surface area contributed by atoms with E-state index in [0.717, 1.165) is 24.2 Å². The van der Waals surface area contributed by atoms with E-state index < -0.39 is 0 Å². The third kappa shape index (κ3) is 2.42. The van der Waals surface area contributed by atoms with Crippen molar-refractivity contribution in [3.8, 4) is 0 Å². The van der Waals surface area contributed by atoms with Crippen LogP contribution in [0, 0.1) is 0 Å². The van der Waals surface area contributed by atoms with Crippen LogP contribution in [0.3, 0.4) is 0 Å². The summed E-state index contributed by atoms with van der Waals surface area (Å²) in [6.07, 6.45) is 3.68. The largest absolute Gasteiger partial charge is 0.424 e. The minimum absolute atomic E-state index is 0.422. The van der Waals surface area contributed by atoms with E-state index >= 15 is 0 Å². The van der Waals surface area contributed by atoms with Crippen LogP contribution in [0.25, 0.3) is 11.1 Å². The first-order valence-electron chi connectivity index (χ1n) is 6.25. The summed E-state index contributed by atoms with van der Waals surface area (Å²) in [5.74, 6) is 0. The lowest BCUT2D eigenvalue weighted by Gasteiger charge is -2.14. The number of aromatic nitrogens is 1. The SMILES string of the molecule is c1ccc2oc(NC3CCCCNC3)nc2c1. The second-order valence-corrected chi connectivity index (χ2v) is 4.53. The second-order valence-electron chi connectivity index (χ2n) is 4.53. The van der Waals surface area contributed by atoms with E-state index in [2.05, 4.69) is 15.6 Å². The summed E-state index contributed by atoms with van der Waals surface area (Å²) in [7, 11) is 0. The molecule has 4 heteroatoms. The van der Waals surface area contributed by atoms with Gasteiger partial charge in [0, 0.05) is 12.6 Å². The van der Waals surface area contributed by atoms with Crippen LogP contribution in [0.5, 0.6) is 0 Å². The van der Waals surface area contributed by atoms with E-state index in [1.54, 1.807) is 0 Å². The zero-order valence-corrected chi connectivity index (χ0v) is 9.78. The topological polar surface area (TPSA) is 50.1 Å². The summed E-state index contributed by atoms with van der Waals surface area (Å²) in [6, 6.07) is 8.91. The standard InChI is InChI=1S/C13H17N3O/c1-2-7-12-11(6-1)16-13(17-12)15-10-5-3-4-8-14-9-10/h1-2,6-7,10,14H,3-5,8-9H2,(H,15,16). The molecule has 2 heterocycles. The van der Waals surface area contributed by atoms with Crippen molar-refractivity contribution in [3.63, 3.8) is 0 Å². The molecule has 1 aromatic carbocycles. The fourth-order valence-electron chi connectivity index (χ4n) is 2.25. The third-order valence-electron chi connectivity index (χ3n) is 3.17. The molecule has 1 unspecified atom stereocenters. The summed E-state index contributed by atoms with van der Waals surface area (Å²) in [6.45, 7) is 2.10. The van der Waals surface area contributed by atoms with Crippen LogP contribution in [0.4, 0.5) is 6.01 Å². The van der Waals surface area contributed by atoms with Gasteiger partial charge >= 0.3 is 0 Å². The highest BCUT2D eigenvalue weighted by Gasteiger charge is 2.14. The number of nitrogens with zero attached hydrogens (tertiary/aromatic N) is 1. The summed E-state index contributed by atoms with van der Waals surface area (Å²) in [5.41, 5.74) is 1.76. The van der Waals surface area contributed by atoms with Gasteiger partial charge in [0.15, 0.2) is 5.58 Å². The monoisotopic (exact) mass is 231 g/mol. The van der Waals surface area contributed by atoms with E-state index in [9.17, 15) is 0 Å². The van der Waals surface area contributed by atoms with Crippen molar-refractivity contribution in [2.24, 2.45) is 0 Å². The van der Waals surface area contributed by atoms with Crippen LogP contribution in [-0.4, -0.2) is 24.1 Å². The highest BCUT2D eigenvalue weighted by molar-refractivity contribution is 5.74. The first-order chi connectivity index (χ1) is 8.42. The Bertz CT molecular complexity index is 453. The quantitative estimate of drug-likeness (QED) is 0.833. The molecule has 0 aliphatic carbocycles. The number of anilines is 1. The van der Waals surface area contributed by atoms with Gasteiger partial charge in [-0.2, -0.15) is 4.98 Å². The highest BCUT2D eigenvalue weighted by atomic mass is 16.4. The van der Waals surface area contributed by atoms with Crippen LogP contribution < -0.4 is 10.6 Å². The fraction of sp³-hybridized carbons (Fsp3) is 0.462. The normalized spacial score (nSPS) is 21.3. The molecule has 3 rings (SSSR count). The van der Waals surface area contributed by atoms with Crippen molar-refractivity contribution in [2.45, 2.75) is 25.3 Å². The number of para-hydroxylation sites is 2. The second kappa shape index (κ2) is 4.75. The first-order valence-corrected chi connectivity index (χ1v) is 6.25. The Labute approximate surface area is 100 Å². The molecule has 0 spiro atoms. The Morgan fingerprint density at radius 3 is 3.18 bits per heavy atom. The van der Waals surface area contributed by atoms with Gasteiger partial charge in [0.2, 0.25) is 0 Å². The van der Waals surface area contributed by atoms with Gasteiger partial charge in [-0.05, 0) is 31.5 Å². The molecule has 1 aliphatic heterocycles. The lowest BCUT2D eigenvalue weighted by molar-refractivity contribution is 0.569. The average molecular weight is 231 g/mol. The molecule has 1 saturated heterocycles. The Morgan fingerprint density at radius 1 is 1.29 bits per heavy atom. The molecule has 0 radical (unpaired) electrons. The molecule has 1 atom stereocenters. The minimum atomic E-state index is 0.422. The number of hydrogen-bond acceptors (Lipinski definition) is 4. The zero-order valence-electron chi connectivity index (χ0n) is 9.78. The fourth-order valence-corrected chi connectivity index (χ4v) is 2.25. The van der Waals surface area contributed by atoms with E-state index in [-0.39, 0.29) is 0 Å². The maximum atomic E-state index is 5.66. The smallest absolute Gasteiger partial charge is 0.295 e. The Balaban J connectivity index is 1.75. The predicted octanol–water partition coefficient (Wildman–Crippen LogP) is 2.38. The van der Waals surface area contributed by atoms with Crippen LogP contribution in [0.15, 0.2) is 28.7 Å². The van der Waals surface area contributed by atoms with Crippen molar-refractivity contribution in [3.05, 3.63) is 24.3 Å². The molecule has 17 heavy (non-hydrogen) atoms. The Hall–Kier alpha value is -1.55.